The van der Waals surface area contributed by atoms with Crippen LogP contribution in [0, 0.1) is 0 Å². The van der Waals surface area contributed by atoms with E-state index in [0.29, 0.717) is 4.90 Å². The first kappa shape index (κ1) is 21.8. The number of nitrogens with two attached hydrogens (primary N) is 1. The molecule has 2 aromatic carbocycles. The van der Waals surface area contributed by atoms with Crippen LogP contribution in [0.15, 0.2) is 29.2 Å². The SMILES string of the molecule is NS(=O)(=O)c1cccc(NC(=O)CN2C(=O)c3c(Cl)c(Cl)c(Cl)c(Cl)c3C2=O)c1. The van der Waals surface area contributed by atoms with Crippen molar-refractivity contribution in [3.63, 3.8) is 0 Å². The molecular weight excluding hydrogens is 488 g/mol. The van der Waals surface area contributed by atoms with E-state index in [9.17, 15) is 22.8 Å². The number of hydrogen-bond donors (Lipinski definition) is 2. The van der Waals surface area contributed by atoms with Gasteiger partial charge in [-0.15, -0.1) is 0 Å². The van der Waals surface area contributed by atoms with Gasteiger partial charge < -0.3 is 5.32 Å². The zero-order valence-corrected chi connectivity index (χ0v) is 17.8. The number of primary sulfonamides is 1. The summed E-state index contributed by atoms with van der Waals surface area (Å²) >= 11 is 23.9. The minimum absolute atomic E-state index is 0.0975. The van der Waals surface area contributed by atoms with Crippen molar-refractivity contribution in [3.05, 3.63) is 55.5 Å². The normalized spacial score (nSPS) is 13.6. The van der Waals surface area contributed by atoms with Gasteiger partial charge in [0, 0.05) is 5.69 Å². The quantitative estimate of drug-likeness (QED) is 0.381. The van der Waals surface area contributed by atoms with Crippen LogP contribution in [0.5, 0.6) is 0 Å². The third-order valence-corrected chi connectivity index (χ3v) is 6.65. The number of carbonyl (C=O) groups excluding carboxylic acids is 3. The van der Waals surface area contributed by atoms with Crippen molar-refractivity contribution < 1.29 is 22.8 Å². The molecule has 29 heavy (non-hydrogen) atoms. The predicted octanol–water partition coefficient (Wildman–Crippen LogP) is 3.18. The maximum atomic E-state index is 12.6. The van der Waals surface area contributed by atoms with E-state index in [1.54, 1.807) is 0 Å². The van der Waals surface area contributed by atoms with Crippen molar-refractivity contribution in [2.75, 3.05) is 11.9 Å². The minimum atomic E-state index is -3.98. The molecular formula is C16H9Cl4N3O5S. The zero-order valence-electron chi connectivity index (χ0n) is 14.0. The second kappa shape index (κ2) is 7.75. The average Bonchev–Trinajstić information content (AvgIpc) is 2.89. The van der Waals surface area contributed by atoms with E-state index in [-0.39, 0.29) is 41.8 Å². The van der Waals surface area contributed by atoms with Crippen LogP contribution < -0.4 is 10.5 Å². The molecule has 2 aromatic rings. The third-order valence-electron chi connectivity index (χ3n) is 3.93. The molecule has 13 heteroatoms. The molecule has 0 aromatic heterocycles. The molecule has 0 fully saturated rings. The Balaban J connectivity index is 1.86. The Kier molecular flexibility index (Phi) is 5.83. The number of anilines is 1. The Hall–Kier alpha value is -1.88. The lowest BCUT2D eigenvalue weighted by atomic mass is 10.1. The first-order chi connectivity index (χ1) is 13.4. The van der Waals surface area contributed by atoms with E-state index in [1.807, 2.05) is 0 Å². The number of imide groups is 1. The summed E-state index contributed by atoms with van der Waals surface area (Å²) in [6.07, 6.45) is 0. The van der Waals surface area contributed by atoms with Crippen LogP contribution in [0.4, 0.5) is 5.69 Å². The van der Waals surface area contributed by atoms with Gasteiger partial charge in [0.2, 0.25) is 15.9 Å². The molecule has 8 nitrogen and oxygen atoms in total. The van der Waals surface area contributed by atoms with E-state index >= 15 is 0 Å². The smallest absolute Gasteiger partial charge is 0.263 e. The van der Waals surface area contributed by atoms with Gasteiger partial charge in [-0.25, -0.2) is 13.6 Å². The van der Waals surface area contributed by atoms with Crippen LogP contribution in [0.25, 0.3) is 0 Å². The fraction of sp³-hybridized carbons (Fsp3) is 0.0625. The highest BCUT2D eigenvalue weighted by molar-refractivity contribution is 7.89. The average molecular weight is 497 g/mol. The van der Waals surface area contributed by atoms with Gasteiger partial charge in [0.1, 0.15) is 6.54 Å². The van der Waals surface area contributed by atoms with Crippen LogP contribution in [0.2, 0.25) is 20.1 Å². The highest BCUT2D eigenvalue weighted by Gasteiger charge is 2.42. The van der Waals surface area contributed by atoms with Crippen molar-refractivity contribution in [2.24, 2.45) is 5.14 Å². The zero-order chi connectivity index (χ0) is 21.7. The monoisotopic (exact) mass is 495 g/mol. The van der Waals surface area contributed by atoms with Gasteiger partial charge in [-0.2, -0.15) is 0 Å². The van der Waals surface area contributed by atoms with Crippen LogP contribution in [0.1, 0.15) is 20.7 Å². The Labute approximate surface area is 184 Å². The van der Waals surface area contributed by atoms with Crippen LogP contribution in [-0.2, 0) is 14.8 Å². The van der Waals surface area contributed by atoms with E-state index in [1.165, 1.54) is 18.2 Å². The van der Waals surface area contributed by atoms with E-state index in [2.05, 4.69) is 5.32 Å². The standard InChI is InChI=1S/C16H9Cl4N3O5S/c17-11-9-10(12(18)14(20)13(11)19)16(26)23(15(9)25)5-8(24)22-6-2-1-3-7(4-6)29(21,27)28/h1-4H,5H2,(H,22,24)(H2,21,27,28). The highest BCUT2D eigenvalue weighted by Crippen LogP contribution is 2.44. The topological polar surface area (TPSA) is 127 Å². The molecule has 0 radical (unpaired) electrons. The molecule has 0 atom stereocenters. The number of rotatable bonds is 4. The number of sulfonamides is 1. The van der Waals surface area contributed by atoms with Gasteiger partial charge in [-0.3, -0.25) is 19.3 Å². The number of nitrogens with zero attached hydrogens (tertiary/aromatic N) is 1. The van der Waals surface area contributed by atoms with Crippen LogP contribution in [0.3, 0.4) is 0 Å². The number of hydrogen-bond acceptors (Lipinski definition) is 5. The number of amides is 3. The number of nitrogens with one attached hydrogen (secondary N) is 1. The molecule has 3 amide bonds. The van der Waals surface area contributed by atoms with Gasteiger partial charge >= 0.3 is 0 Å². The highest BCUT2D eigenvalue weighted by atomic mass is 35.5. The first-order valence-electron chi connectivity index (χ1n) is 7.58. The largest absolute Gasteiger partial charge is 0.324 e. The summed E-state index contributed by atoms with van der Waals surface area (Å²) in [5.74, 6) is -2.52. The van der Waals surface area contributed by atoms with Crippen LogP contribution >= 0.6 is 46.4 Å². The number of halogens is 4. The molecule has 1 heterocycles. The Morgan fingerprint density at radius 3 is 1.97 bits per heavy atom. The lowest BCUT2D eigenvalue weighted by molar-refractivity contribution is -0.116. The molecule has 0 aliphatic carbocycles. The molecule has 1 aliphatic rings. The minimum Gasteiger partial charge on any atom is -0.324 e. The van der Waals surface area contributed by atoms with Crippen molar-refractivity contribution in [3.8, 4) is 0 Å². The third kappa shape index (κ3) is 3.94. The molecule has 3 N–H and O–H groups in total. The Morgan fingerprint density at radius 2 is 1.48 bits per heavy atom. The molecule has 0 unspecified atom stereocenters. The molecule has 0 spiro atoms. The fourth-order valence-corrected chi connectivity index (χ4v) is 4.21. The molecule has 3 rings (SSSR count). The van der Waals surface area contributed by atoms with Crippen LogP contribution in [-0.4, -0.2) is 37.6 Å². The summed E-state index contributed by atoms with van der Waals surface area (Å²) in [6, 6.07) is 5.14. The maximum Gasteiger partial charge on any atom is 0.263 e. The van der Waals surface area contributed by atoms with Crippen molar-refractivity contribution >= 4 is 79.8 Å². The van der Waals surface area contributed by atoms with Gasteiger partial charge in [0.25, 0.3) is 11.8 Å². The second-order valence-electron chi connectivity index (χ2n) is 5.82. The van der Waals surface area contributed by atoms with E-state index in [4.69, 9.17) is 51.5 Å². The molecule has 152 valence electrons. The number of benzene rings is 2. The fourth-order valence-electron chi connectivity index (χ4n) is 2.63. The molecule has 0 saturated heterocycles. The Morgan fingerprint density at radius 1 is 0.966 bits per heavy atom. The summed E-state index contributed by atoms with van der Waals surface area (Å²) in [7, 11) is -3.98. The molecule has 0 saturated carbocycles. The first-order valence-corrected chi connectivity index (χ1v) is 10.6. The summed E-state index contributed by atoms with van der Waals surface area (Å²) < 4.78 is 22.8. The van der Waals surface area contributed by atoms with Gasteiger partial charge in [0.05, 0.1) is 36.1 Å². The van der Waals surface area contributed by atoms with Gasteiger partial charge in [-0.1, -0.05) is 52.5 Å². The summed E-state index contributed by atoms with van der Waals surface area (Å²) in [4.78, 5) is 37.9. The van der Waals surface area contributed by atoms with Crippen molar-refractivity contribution in [1.29, 1.82) is 0 Å². The lowest BCUT2D eigenvalue weighted by Crippen LogP contribution is -2.37. The van der Waals surface area contributed by atoms with Gasteiger partial charge in [-0.05, 0) is 18.2 Å². The summed E-state index contributed by atoms with van der Waals surface area (Å²) in [5.41, 5.74) is -0.402. The number of carbonyl (C=O) groups is 3. The summed E-state index contributed by atoms with van der Waals surface area (Å²) in [6.45, 7) is -0.687. The predicted molar refractivity (Wildman–Crippen MR) is 108 cm³/mol. The molecule has 1 aliphatic heterocycles. The van der Waals surface area contributed by atoms with Gasteiger partial charge in [0.15, 0.2) is 0 Å². The van der Waals surface area contributed by atoms with E-state index in [0.717, 1.165) is 6.07 Å². The lowest BCUT2D eigenvalue weighted by Gasteiger charge is -2.14. The number of fused-ring (bicyclic) bond motifs is 1. The molecule has 0 bridgehead atoms. The van der Waals surface area contributed by atoms with E-state index < -0.39 is 34.3 Å². The van der Waals surface area contributed by atoms with Crippen molar-refractivity contribution in [1.82, 2.24) is 4.90 Å². The second-order valence-corrected chi connectivity index (χ2v) is 8.90. The maximum absolute atomic E-state index is 12.6. The van der Waals surface area contributed by atoms with Crippen molar-refractivity contribution in [2.45, 2.75) is 4.90 Å². The summed E-state index contributed by atoms with van der Waals surface area (Å²) in [5, 5.41) is 6.54. The Bertz CT molecular complexity index is 1150.